The van der Waals surface area contributed by atoms with Crippen LogP contribution in [0.5, 0.6) is 11.6 Å². The van der Waals surface area contributed by atoms with Gasteiger partial charge in [-0.25, -0.2) is 4.98 Å². The molecule has 0 aromatic carbocycles. The van der Waals surface area contributed by atoms with Crippen LogP contribution in [-0.4, -0.2) is 29.3 Å². The number of nitrogens with zero attached hydrogens (tertiary/aromatic N) is 4. The third kappa shape index (κ3) is 2.99. The van der Waals surface area contributed by atoms with Crippen LogP contribution in [0.25, 0.3) is 11.3 Å². The molecule has 0 aliphatic carbocycles. The standard InChI is InChI=1S/C18H22N4O2/c1-13(2)15-16(14-4-6-19-7-5-14)22(18(24)17(15)23)10-3-9-21-11-8-20-12-21/h4-8,11-13,23-24H,3,9-10H2,1-2H3. The van der Waals surface area contributed by atoms with E-state index < -0.39 is 0 Å². The van der Waals surface area contributed by atoms with Gasteiger partial charge in [0, 0.05) is 49.0 Å². The van der Waals surface area contributed by atoms with Crippen molar-refractivity contribution in [3.05, 3.63) is 48.8 Å². The summed E-state index contributed by atoms with van der Waals surface area (Å²) in [5, 5.41) is 20.9. The summed E-state index contributed by atoms with van der Waals surface area (Å²) in [6, 6.07) is 3.79. The molecule has 126 valence electrons. The first-order valence-corrected chi connectivity index (χ1v) is 8.10. The fourth-order valence-corrected chi connectivity index (χ4v) is 3.03. The van der Waals surface area contributed by atoms with Crippen LogP contribution < -0.4 is 0 Å². The van der Waals surface area contributed by atoms with Crippen LogP contribution in [0.2, 0.25) is 0 Å². The number of hydrogen-bond donors (Lipinski definition) is 2. The van der Waals surface area contributed by atoms with Gasteiger partial charge in [-0.2, -0.15) is 0 Å². The van der Waals surface area contributed by atoms with E-state index in [1.807, 2.05) is 36.7 Å². The number of aryl methyl sites for hydroxylation is 1. The molecule has 3 aromatic rings. The van der Waals surface area contributed by atoms with Crippen LogP contribution in [0.4, 0.5) is 0 Å². The van der Waals surface area contributed by atoms with E-state index in [2.05, 4.69) is 9.97 Å². The monoisotopic (exact) mass is 326 g/mol. The van der Waals surface area contributed by atoms with Gasteiger partial charge in [0.25, 0.3) is 0 Å². The fraction of sp³-hybridized carbons (Fsp3) is 0.333. The molecule has 0 amide bonds. The van der Waals surface area contributed by atoms with Crippen LogP contribution in [0.3, 0.4) is 0 Å². The van der Waals surface area contributed by atoms with Crippen molar-refractivity contribution in [2.24, 2.45) is 0 Å². The summed E-state index contributed by atoms with van der Waals surface area (Å²) in [5.41, 5.74) is 2.56. The van der Waals surface area contributed by atoms with Gasteiger partial charge in [0.05, 0.1) is 12.0 Å². The molecular formula is C18H22N4O2. The van der Waals surface area contributed by atoms with Crippen molar-refractivity contribution in [3.63, 3.8) is 0 Å². The van der Waals surface area contributed by atoms with Crippen LogP contribution in [0.15, 0.2) is 43.2 Å². The summed E-state index contributed by atoms with van der Waals surface area (Å²) < 4.78 is 3.78. The molecular weight excluding hydrogens is 304 g/mol. The van der Waals surface area contributed by atoms with E-state index in [4.69, 9.17) is 0 Å². The average Bonchev–Trinajstić information content (AvgIpc) is 3.17. The maximum absolute atomic E-state index is 10.4. The molecule has 0 radical (unpaired) electrons. The zero-order valence-electron chi connectivity index (χ0n) is 13.9. The Hall–Kier alpha value is -2.76. The zero-order chi connectivity index (χ0) is 17.1. The van der Waals surface area contributed by atoms with E-state index in [9.17, 15) is 10.2 Å². The fourth-order valence-electron chi connectivity index (χ4n) is 3.03. The highest BCUT2D eigenvalue weighted by Gasteiger charge is 2.25. The Morgan fingerprint density at radius 2 is 1.79 bits per heavy atom. The second-order valence-electron chi connectivity index (χ2n) is 6.13. The smallest absolute Gasteiger partial charge is 0.235 e. The molecule has 6 heteroatoms. The Morgan fingerprint density at radius 1 is 1.04 bits per heavy atom. The van der Waals surface area contributed by atoms with Gasteiger partial charge in [-0.1, -0.05) is 13.8 Å². The molecule has 0 aliphatic rings. The van der Waals surface area contributed by atoms with Gasteiger partial charge >= 0.3 is 0 Å². The van der Waals surface area contributed by atoms with Crippen molar-refractivity contribution in [2.75, 3.05) is 0 Å². The first kappa shape index (κ1) is 16.1. The number of imidazole rings is 1. The SMILES string of the molecule is CC(C)c1c(O)c(O)n(CCCn2ccnc2)c1-c1ccncc1. The highest BCUT2D eigenvalue weighted by atomic mass is 16.3. The molecule has 0 atom stereocenters. The van der Waals surface area contributed by atoms with Crippen LogP contribution in [0.1, 0.15) is 31.7 Å². The summed E-state index contributed by atoms with van der Waals surface area (Å²) >= 11 is 0. The second-order valence-corrected chi connectivity index (χ2v) is 6.13. The predicted octanol–water partition coefficient (Wildman–Crippen LogP) is 3.37. The molecule has 2 N–H and O–H groups in total. The molecule has 3 rings (SSSR count). The lowest BCUT2D eigenvalue weighted by Gasteiger charge is -2.13. The Bertz CT molecular complexity index is 792. The number of pyridine rings is 1. The molecule has 0 fully saturated rings. The van der Waals surface area contributed by atoms with E-state index in [0.29, 0.717) is 6.54 Å². The highest BCUT2D eigenvalue weighted by molar-refractivity contribution is 5.71. The molecule has 0 spiro atoms. The first-order chi connectivity index (χ1) is 11.6. The number of hydrogen-bond acceptors (Lipinski definition) is 4. The van der Waals surface area contributed by atoms with E-state index in [0.717, 1.165) is 29.8 Å². The second kappa shape index (κ2) is 6.78. The highest BCUT2D eigenvalue weighted by Crippen LogP contribution is 2.44. The molecule has 0 saturated carbocycles. The van der Waals surface area contributed by atoms with Crippen molar-refractivity contribution in [2.45, 2.75) is 39.3 Å². The van der Waals surface area contributed by atoms with Gasteiger partial charge < -0.3 is 19.3 Å². The molecule has 0 unspecified atom stereocenters. The Morgan fingerprint density at radius 3 is 2.42 bits per heavy atom. The van der Waals surface area contributed by atoms with Gasteiger partial charge in [-0.3, -0.25) is 4.98 Å². The summed E-state index contributed by atoms with van der Waals surface area (Å²) in [6.07, 6.45) is 9.69. The third-order valence-corrected chi connectivity index (χ3v) is 4.14. The lowest BCUT2D eigenvalue weighted by atomic mass is 9.99. The third-order valence-electron chi connectivity index (χ3n) is 4.14. The van der Waals surface area contributed by atoms with E-state index in [1.165, 1.54) is 0 Å². The average molecular weight is 326 g/mol. The molecule has 0 aliphatic heterocycles. The van der Waals surface area contributed by atoms with Crippen molar-refractivity contribution < 1.29 is 10.2 Å². The molecule has 3 aromatic heterocycles. The minimum Gasteiger partial charge on any atom is -0.503 e. The van der Waals surface area contributed by atoms with Crippen LogP contribution in [0, 0.1) is 0 Å². The Labute approximate surface area is 141 Å². The van der Waals surface area contributed by atoms with E-state index in [-0.39, 0.29) is 17.5 Å². The first-order valence-electron chi connectivity index (χ1n) is 8.10. The van der Waals surface area contributed by atoms with E-state index in [1.54, 1.807) is 29.5 Å². The van der Waals surface area contributed by atoms with Crippen molar-refractivity contribution in [3.8, 4) is 22.9 Å². The molecule has 0 bridgehead atoms. The van der Waals surface area contributed by atoms with Gasteiger partial charge in [0.15, 0.2) is 5.75 Å². The van der Waals surface area contributed by atoms with Crippen LogP contribution in [-0.2, 0) is 13.1 Å². The lowest BCUT2D eigenvalue weighted by molar-refractivity contribution is 0.366. The van der Waals surface area contributed by atoms with Gasteiger partial charge in [-0.15, -0.1) is 0 Å². The minimum atomic E-state index is -0.0730. The molecule has 0 saturated heterocycles. The van der Waals surface area contributed by atoms with Gasteiger partial charge in [-0.05, 0) is 24.5 Å². The van der Waals surface area contributed by atoms with Crippen LogP contribution >= 0.6 is 0 Å². The van der Waals surface area contributed by atoms with Gasteiger partial charge in [0.2, 0.25) is 5.88 Å². The van der Waals surface area contributed by atoms with Crippen molar-refractivity contribution in [1.82, 2.24) is 19.1 Å². The minimum absolute atomic E-state index is 0.0283. The van der Waals surface area contributed by atoms with Crippen molar-refractivity contribution >= 4 is 0 Å². The zero-order valence-corrected chi connectivity index (χ0v) is 13.9. The Kier molecular flexibility index (Phi) is 4.55. The topological polar surface area (TPSA) is 76.1 Å². The largest absolute Gasteiger partial charge is 0.503 e. The number of aromatic hydroxyl groups is 2. The van der Waals surface area contributed by atoms with E-state index >= 15 is 0 Å². The number of rotatable bonds is 6. The maximum Gasteiger partial charge on any atom is 0.235 e. The summed E-state index contributed by atoms with van der Waals surface area (Å²) in [7, 11) is 0. The summed E-state index contributed by atoms with van der Waals surface area (Å²) in [6.45, 7) is 5.41. The predicted molar refractivity (Wildman–Crippen MR) is 91.9 cm³/mol. The summed E-state index contributed by atoms with van der Waals surface area (Å²) in [4.78, 5) is 8.09. The lowest BCUT2D eigenvalue weighted by Crippen LogP contribution is -2.05. The quantitative estimate of drug-likeness (QED) is 0.728. The normalized spacial score (nSPS) is 11.3. The van der Waals surface area contributed by atoms with Crippen molar-refractivity contribution in [1.29, 1.82) is 0 Å². The maximum atomic E-state index is 10.4. The number of aromatic nitrogens is 4. The Balaban J connectivity index is 1.96. The molecule has 6 nitrogen and oxygen atoms in total. The summed E-state index contributed by atoms with van der Waals surface area (Å²) in [5.74, 6) is -0.00968. The molecule has 24 heavy (non-hydrogen) atoms. The molecule has 3 heterocycles. The van der Waals surface area contributed by atoms with Gasteiger partial charge in [0.1, 0.15) is 0 Å².